The maximum absolute atomic E-state index is 14.1. The van der Waals surface area contributed by atoms with E-state index < -0.39 is 0 Å². The van der Waals surface area contributed by atoms with Gasteiger partial charge in [-0.15, -0.1) is 0 Å². The molecule has 0 radical (unpaired) electrons. The van der Waals surface area contributed by atoms with Gasteiger partial charge in [0, 0.05) is 24.3 Å². The van der Waals surface area contributed by atoms with Gasteiger partial charge >= 0.3 is 0 Å². The Morgan fingerprint density at radius 1 is 1.27 bits per heavy atom. The zero-order valence-electron chi connectivity index (χ0n) is 17.9. The number of aromatic nitrogens is 3. The molecule has 0 saturated heterocycles. The summed E-state index contributed by atoms with van der Waals surface area (Å²) in [7, 11) is 0. The first-order valence-corrected chi connectivity index (χ1v) is 10.8. The highest BCUT2D eigenvalue weighted by atomic mass is 19.1. The van der Waals surface area contributed by atoms with Crippen LogP contribution >= 0.6 is 0 Å². The standard InChI is InChI=1S/C24H29FN4O/c1-16(2)14-28(24(30)18-11-10-17(3)20(25)13-18)15-22-27-21-9-6-12-26-23(21)29(22)19-7-4-5-8-19/h6,9-13,16,19H,4-5,7-8,14-15H2,1-3H3. The fourth-order valence-corrected chi connectivity index (χ4v) is 4.37. The molecule has 6 heteroatoms. The number of carbonyl (C=O) groups excluding carboxylic acids is 1. The molecule has 0 N–H and O–H groups in total. The van der Waals surface area contributed by atoms with Gasteiger partial charge in [0.05, 0.1) is 6.54 Å². The van der Waals surface area contributed by atoms with E-state index in [-0.39, 0.29) is 17.6 Å². The largest absolute Gasteiger partial charge is 0.331 e. The zero-order chi connectivity index (χ0) is 21.3. The highest BCUT2D eigenvalue weighted by Gasteiger charge is 2.26. The molecule has 4 rings (SSSR count). The monoisotopic (exact) mass is 408 g/mol. The van der Waals surface area contributed by atoms with Gasteiger partial charge in [-0.2, -0.15) is 0 Å². The zero-order valence-corrected chi connectivity index (χ0v) is 17.9. The van der Waals surface area contributed by atoms with Crippen LogP contribution in [0.3, 0.4) is 0 Å². The second-order valence-electron chi connectivity index (χ2n) is 8.73. The summed E-state index contributed by atoms with van der Waals surface area (Å²) in [6.07, 6.45) is 6.42. The average Bonchev–Trinajstić information content (AvgIpc) is 3.35. The summed E-state index contributed by atoms with van der Waals surface area (Å²) < 4.78 is 16.3. The van der Waals surface area contributed by atoms with Crippen LogP contribution < -0.4 is 0 Å². The number of rotatable bonds is 6. The smallest absolute Gasteiger partial charge is 0.254 e. The van der Waals surface area contributed by atoms with Crippen LogP contribution in [0.1, 0.15) is 67.3 Å². The molecule has 1 aliphatic carbocycles. The van der Waals surface area contributed by atoms with E-state index in [0.717, 1.165) is 29.8 Å². The van der Waals surface area contributed by atoms with Gasteiger partial charge in [0.25, 0.3) is 5.91 Å². The fourth-order valence-electron chi connectivity index (χ4n) is 4.37. The van der Waals surface area contributed by atoms with Crippen LogP contribution in [-0.2, 0) is 6.54 Å². The predicted molar refractivity (Wildman–Crippen MR) is 116 cm³/mol. The number of carbonyl (C=O) groups is 1. The van der Waals surface area contributed by atoms with Gasteiger partial charge in [0.2, 0.25) is 0 Å². The Bertz CT molecular complexity index is 1050. The van der Waals surface area contributed by atoms with Gasteiger partial charge in [-0.1, -0.05) is 32.8 Å². The molecule has 1 amide bonds. The van der Waals surface area contributed by atoms with Crippen molar-refractivity contribution in [3.05, 3.63) is 59.3 Å². The molecular formula is C24H29FN4O. The highest BCUT2D eigenvalue weighted by Crippen LogP contribution is 2.33. The number of fused-ring (bicyclic) bond motifs is 1. The first kappa shape index (κ1) is 20.5. The van der Waals surface area contributed by atoms with Gasteiger partial charge in [-0.25, -0.2) is 14.4 Å². The molecule has 1 saturated carbocycles. The first-order valence-electron chi connectivity index (χ1n) is 10.8. The van der Waals surface area contributed by atoms with E-state index in [0.29, 0.717) is 30.3 Å². The van der Waals surface area contributed by atoms with E-state index in [2.05, 4.69) is 23.4 Å². The molecular weight excluding hydrogens is 379 g/mol. The molecule has 1 fully saturated rings. The lowest BCUT2D eigenvalue weighted by atomic mass is 10.1. The third kappa shape index (κ3) is 4.09. The van der Waals surface area contributed by atoms with Gasteiger partial charge in [-0.05, 0) is 55.5 Å². The van der Waals surface area contributed by atoms with Gasteiger partial charge in [0.15, 0.2) is 5.65 Å². The van der Waals surface area contributed by atoms with Gasteiger partial charge in [-0.3, -0.25) is 4.79 Å². The van der Waals surface area contributed by atoms with Crippen LogP contribution in [0.4, 0.5) is 4.39 Å². The van der Waals surface area contributed by atoms with Crippen LogP contribution in [0.5, 0.6) is 0 Å². The molecule has 158 valence electrons. The summed E-state index contributed by atoms with van der Waals surface area (Å²) >= 11 is 0. The minimum atomic E-state index is -0.354. The van der Waals surface area contributed by atoms with E-state index in [9.17, 15) is 9.18 Å². The fraction of sp³-hybridized carbons (Fsp3) is 0.458. The van der Waals surface area contributed by atoms with Crippen molar-refractivity contribution in [2.45, 2.75) is 59.0 Å². The summed E-state index contributed by atoms with van der Waals surface area (Å²) in [5, 5.41) is 0. The lowest BCUT2D eigenvalue weighted by Gasteiger charge is -2.26. The third-order valence-corrected chi connectivity index (χ3v) is 5.84. The minimum absolute atomic E-state index is 0.166. The quantitative estimate of drug-likeness (QED) is 0.557. The van der Waals surface area contributed by atoms with Crippen molar-refractivity contribution in [3.63, 3.8) is 0 Å². The van der Waals surface area contributed by atoms with Crippen LogP contribution in [0.25, 0.3) is 11.2 Å². The Labute approximate surface area is 176 Å². The normalized spacial score (nSPS) is 14.7. The van der Waals surface area contributed by atoms with E-state index in [1.165, 1.54) is 18.9 Å². The van der Waals surface area contributed by atoms with Gasteiger partial charge < -0.3 is 9.47 Å². The molecule has 0 spiro atoms. The number of nitrogens with zero attached hydrogens (tertiary/aromatic N) is 4. The molecule has 3 aromatic rings. The van der Waals surface area contributed by atoms with Crippen LogP contribution in [0.15, 0.2) is 36.5 Å². The SMILES string of the molecule is Cc1ccc(C(=O)N(Cc2nc3cccnc3n2C2CCCC2)CC(C)C)cc1F. The maximum Gasteiger partial charge on any atom is 0.254 e. The Morgan fingerprint density at radius 3 is 2.73 bits per heavy atom. The van der Waals surface area contributed by atoms with Crippen LogP contribution in [0, 0.1) is 18.7 Å². The number of hydrogen-bond donors (Lipinski definition) is 0. The highest BCUT2D eigenvalue weighted by molar-refractivity contribution is 5.94. The number of halogens is 1. The van der Waals surface area contributed by atoms with Crippen LogP contribution in [0.2, 0.25) is 0 Å². The van der Waals surface area contributed by atoms with E-state index in [4.69, 9.17) is 4.98 Å². The van der Waals surface area contributed by atoms with Crippen molar-refractivity contribution in [1.82, 2.24) is 19.4 Å². The van der Waals surface area contributed by atoms with E-state index in [1.807, 2.05) is 12.1 Å². The number of aryl methyl sites for hydroxylation is 1. The lowest BCUT2D eigenvalue weighted by Crippen LogP contribution is -2.35. The van der Waals surface area contributed by atoms with Crippen molar-refractivity contribution in [2.75, 3.05) is 6.54 Å². The molecule has 5 nitrogen and oxygen atoms in total. The molecule has 2 heterocycles. The number of pyridine rings is 1. The Kier molecular flexibility index (Phi) is 5.84. The molecule has 30 heavy (non-hydrogen) atoms. The predicted octanol–water partition coefficient (Wildman–Crippen LogP) is 5.29. The first-order chi connectivity index (χ1) is 14.4. The Hall–Kier alpha value is -2.76. The molecule has 0 aliphatic heterocycles. The summed E-state index contributed by atoms with van der Waals surface area (Å²) in [5.74, 6) is 0.622. The number of hydrogen-bond acceptors (Lipinski definition) is 3. The minimum Gasteiger partial charge on any atom is -0.331 e. The summed E-state index contributed by atoms with van der Waals surface area (Å²) in [4.78, 5) is 24.5. The molecule has 1 aromatic carbocycles. The Balaban J connectivity index is 1.71. The average molecular weight is 409 g/mol. The third-order valence-electron chi connectivity index (χ3n) is 5.84. The van der Waals surface area contributed by atoms with Crippen molar-refractivity contribution >= 4 is 17.1 Å². The van der Waals surface area contributed by atoms with Crippen molar-refractivity contribution in [1.29, 1.82) is 0 Å². The Morgan fingerprint density at radius 2 is 2.03 bits per heavy atom. The molecule has 0 unspecified atom stereocenters. The van der Waals surface area contributed by atoms with Crippen LogP contribution in [-0.4, -0.2) is 31.9 Å². The van der Waals surface area contributed by atoms with E-state index >= 15 is 0 Å². The molecule has 0 atom stereocenters. The van der Waals surface area contributed by atoms with Crippen molar-refractivity contribution in [2.24, 2.45) is 5.92 Å². The topological polar surface area (TPSA) is 51.0 Å². The number of amides is 1. The van der Waals surface area contributed by atoms with E-state index in [1.54, 1.807) is 30.2 Å². The summed E-state index contributed by atoms with van der Waals surface area (Å²) in [6.45, 7) is 6.83. The molecule has 1 aliphatic rings. The van der Waals surface area contributed by atoms with Gasteiger partial charge in [0.1, 0.15) is 17.2 Å². The van der Waals surface area contributed by atoms with Crippen molar-refractivity contribution < 1.29 is 9.18 Å². The van der Waals surface area contributed by atoms with Crippen molar-refractivity contribution in [3.8, 4) is 0 Å². The number of benzene rings is 1. The summed E-state index contributed by atoms with van der Waals surface area (Å²) in [5.41, 5.74) is 2.66. The lowest BCUT2D eigenvalue weighted by molar-refractivity contribution is 0.0714. The second kappa shape index (κ2) is 8.54. The second-order valence-corrected chi connectivity index (χ2v) is 8.73. The molecule has 0 bridgehead atoms. The maximum atomic E-state index is 14.1. The number of imidazole rings is 1. The summed E-state index contributed by atoms with van der Waals surface area (Å²) in [6, 6.07) is 8.94. The molecule has 2 aromatic heterocycles.